The van der Waals surface area contributed by atoms with E-state index in [1.165, 1.54) is 31.3 Å². The number of hydrogen-bond donors (Lipinski definition) is 3. The second-order valence-electron chi connectivity index (χ2n) is 7.02. The maximum Gasteiger partial charge on any atom is 0.417 e. The van der Waals surface area contributed by atoms with Crippen molar-refractivity contribution in [1.29, 1.82) is 0 Å². The Kier molecular flexibility index (Phi) is 5.23. The molecule has 31 heavy (non-hydrogen) atoms. The van der Waals surface area contributed by atoms with Crippen LogP contribution in [-0.2, 0) is 29.2 Å². The summed E-state index contributed by atoms with van der Waals surface area (Å²) < 4.78 is 66.9. The molecule has 3 heterocycles. The van der Waals surface area contributed by atoms with Gasteiger partial charge in [0.2, 0.25) is 10.0 Å². The van der Waals surface area contributed by atoms with Crippen LogP contribution in [-0.4, -0.2) is 41.2 Å². The van der Waals surface area contributed by atoms with Crippen LogP contribution in [0.4, 0.5) is 24.7 Å². The number of nitrogens with one attached hydrogen (secondary N) is 2. The fourth-order valence-corrected chi connectivity index (χ4v) is 4.07. The van der Waals surface area contributed by atoms with Gasteiger partial charge in [-0.2, -0.15) is 13.2 Å². The highest BCUT2D eigenvalue weighted by Crippen LogP contribution is 2.34. The third-order valence-corrected chi connectivity index (χ3v) is 6.30. The fourth-order valence-electron chi connectivity index (χ4n) is 3.31. The number of rotatable bonds is 5. The number of aromatic nitrogens is 3. The van der Waals surface area contributed by atoms with Crippen molar-refractivity contribution in [1.82, 2.24) is 19.3 Å². The summed E-state index contributed by atoms with van der Waals surface area (Å²) in [5.41, 5.74) is 0.427. The predicted octanol–water partition coefficient (Wildman–Crippen LogP) is 2.53. The number of pyridine rings is 1. The minimum absolute atomic E-state index is 0.00382. The molecule has 0 spiro atoms. The lowest BCUT2D eigenvalue weighted by molar-refractivity contribution is -0.137. The summed E-state index contributed by atoms with van der Waals surface area (Å²) in [6.45, 7) is 0.375. The van der Waals surface area contributed by atoms with Crippen molar-refractivity contribution in [3.05, 3.63) is 54.1 Å². The Balaban J connectivity index is 1.74. The molecule has 3 N–H and O–H groups in total. The maximum atomic E-state index is 12.8. The lowest BCUT2D eigenvalue weighted by Crippen LogP contribution is -2.18. The molecule has 1 atom stereocenters. The van der Waals surface area contributed by atoms with Crippen LogP contribution >= 0.6 is 0 Å². The monoisotopic (exact) mass is 453 g/mol. The van der Waals surface area contributed by atoms with Crippen molar-refractivity contribution in [2.24, 2.45) is 0 Å². The Labute approximate surface area is 175 Å². The smallest absolute Gasteiger partial charge is 0.391 e. The van der Waals surface area contributed by atoms with Gasteiger partial charge in [0.1, 0.15) is 11.6 Å². The van der Waals surface area contributed by atoms with Crippen LogP contribution in [0.2, 0.25) is 0 Å². The second-order valence-corrected chi connectivity index (χ2v) is 8.91. The summed E-state index contributed by atoms with van der Waals surface area (Å²) in [6, 6.07) is 6.38. The molecule has 0 saturated carbocycles. The average Bonchev–Trinajstić information content (AvgIpc) is 3.25. The van der Waals surface area contributed by atoms with E-state index in [0.29, 0.717) is 41.9 Å². The van der Waals surface area contributed by atoms with Crippen LogP contribution in [0.3, 0.4) is 0 Å². The first-order chi connectivity index (χ1) is 14.6. The van der Waals surface area contributed by atoms with Crippen LogP contribution in [0.25, 0.3) is 11.3 Å². The molecular weight excluding hydrogens is 435 g/mol. The molecule has 1 aliphatic heterocycles. The summed E-state index contributed by atoms with van der Waals surface area (Å²) in [5, 5.41) is 12.7. The molecule has 0 saturated heterocycles. The molecular formula is C19H18F3N5O3S. The van der Waals surface area contributed by atoms with Crippen molar-refractivity contribution >= 4 is 21.5 Å². The molecule has 0 radical (unpaired) electrons. The van der Waals surface area contributed by atoms with E-state index < -0.39 is 27.9 Å². The Morgan fingerprint density at radius 2 is 2.00 bits per heavy atom. The van der Waals surface area contributed by atoms with Crippen LogP contribution in [0, 0.1) is 0 Å². The van der Waals surface area contributed by atoms with Crippen LogP contribution in [0.15, 0.2) is 47.6 Å². The van der Waals surface area contributed by atoms with E-state index in [9.17, 15) is 26.7 Å². The number of anilines is 2. The first-order valence-corrected chi connectivity index (χ1v) is 10.7. The summed E-state index contributed by atoms with van der Waals surface area (Å²) in [4.78, 5) is 8.29. The fraction of sp³-hybridized carbons (Fsp3) is 0.263. The molecule has 164 valence electrons. The van der Waals surface area contributed by atoms with Gasteiger partial charge in [-0.25, -0.2) is 23.1 Å². The SMILES string of the molecule is CNS(=O)(=O)c1ccc(Nc2ccc(C(F)(F)F)cn2)c(-c2cn3c(n2)CC(O)C3)c1. The lowest BCUT2D eigenvalue weighted by Gasteiger charge is -2.13. The van der Waals surface area contributed by atoms with Gasteiger partial charge < -0.3 is 15.0 Å². The standard InChI is InChI=1S/C19H18F3N5O3S/c1-23-31(29,30)13-3-4-15(25-17-5-2-11(8-24-17)19(20,21)22)14(7-13)16-10-27-9-12(28)6-18(27)26-16/h2-5,7-8,10,12,23,28H,6,9H2,1H3,(H,24,25). The Hall–Kier alpha value is -2.96. The number of aliphatic hydroxyl groups excluding tert-OH is 1. The van der Waals surface area contributed by atoms with Gasteiger partial charge in [-0.1, -0.05) is 0 Å². The van der Waals surface area contributed by atoms with E-state index in [1.54, 1.807) is 10.8 Å². The number of alkyl halides is 3. The van der Waals surface area contributed by atoms with E-state index in [2.05, 4.69) is 20.0 Å². The highest BCUT2D eigenvalue weighted by molar-refractivity contribution is 7.89. The van der Waals surface area contributed by atoms with Crippen molar-refractivity contribution in [2.75, 3.05) is 12.4 Å². The lowest BCUT2D eigenvalue weighted by atomic mass is 10.1. The summed E-state index contributed by atoms with van der Waals surface area (Å²) in [6.07, 6.45) is -2.24. The zero-order valence-electron chi connectivity index (χ0n) is 16.2. The van der Waals surface area contributed by atoms with Gasteiger partial charge in [0.25, 0.3) is 0 Å². The Bertz CT molecular complexity index is 1200. The number of nitrogens with zero attached hydrogens (tertiary/aromatic N) is 3. The molecule has 1 aliphatic rings. The maximum absolute atomic E-state index is 12.8. The van der Waals surface area contributed by atoms with Crippen molar-refractivity contribution in [3.63, 3.8) is 0 Å². The highest BCUT2D eigenvalue weighted by Gasteiger charge is 2.30. The number of aliphatic hydroxyl groups is 1. The van der Waals surface area contributed by atoms with Gasteiger partial charge in [-0.05, 0) is 37.4 Å². The highest BCUT2D eigenvalue weighted by atomic mass is 32.2. The summed E-state index contributed by atoms with van der Waals surface area (Å²) in [5.74, 6) is 0.809. The predicted molar refractivity (Wildman–Crippen MR) is 106 cm³/mol. The zero-order chi connectivity index (χ0) is 22.4. The summed E-state index contributed by atoms with van der Waals surface area (Å²) in [7, 11) is -2.45. The van der Waals surface area contributed by atoms with Crippen molar-refractivity contribution in [3.8, 4) is 11.3 Å². The first-order valence-electron chi connectivity index (χ1n) is 9.19. The molecule has 0 aliphatic carbocycles. The number of fused-ring (bicyclic) bond motifs is 1. The molecule has 1 unspecified atom stereocenters. The van der Waals surface area contributed by atoms with E-state index in [-0.39, 0.29) is 10.7 Å². The topological polar surface area (TPSA) is 109 Å². The van der Waals surface area contributed by atoms with E-state index in [4.69, 9.17) is 0 Å². The van der Waals surface area contributed by atoms with Crippen molar-refractivity contribution < 1.29 is 26.7 Å². The molecule has 0 bridgehead atoms. The minimum Gasteiger partial charge on any atom is -0.391 e. The molecule has 12 heteroatoms. The van der Waals surface area contributed by atoms with Gasteiger partial charge in [-0.15, -0.1) is 0 Å². The molecule has 1 aromatic carbocycles. The van der Waals surface area contributed by atoms with Crippen LogP contribution in [0.1, 0.15) is 11.4 Å². The molecule has 0 fully saturated rings. The van der Waals surface area contributed by atoms with Gasteiger partial charge in [0, 0.05) is 30.1 Å². The average molecular weight is 453 g/mol. The van der Waals surface area contributed by atoms with Crippen LogP contribution < -0.4 is 10.0 Å². The summed E-state index contributed by atoms with van der Waals surface area (Å²) >= 11 is 0. The van der Waals surface area contributed by atoms with Gasteiger partial charge in [0.15, 0.2) is 0 Å². The molecule has 8 nitrogen and oxygen atoms in total. The second kappa shape index (κ2) is 7.62. The zero-order valence-corrected chi connectivity index (χ0v) is 17.0. The first kappa shape index (κ1) is 21.3. The Morgan fingerprint density at radius 3 is 2.61 bits per heavy atom. The number of benzene rings is 1. The molecule has 0 amide bonds. The normalized spacial score (nSPS) is 16.4. The van der Waals surface area contributed by atoms with Crippen molar-refractivity contribution in [2.45, 2.75) is 30.1 Å². The number of imidazole rings is 1. The Morgan fingerprint density at radius 1 is 1.23 bits per heavy atom. The third-order valence-electron chi connectivity index (χ3n) is 4.88. The third kappa shape index (κ3) is 4.27. The van der Waals surface area contributed by atoms with E-state index in [0.717, 1.165) is 6.07 Å². The van der Waals surface area contributed by atoms with Gasteiger partial charge in [0.05, 0.1) is 28.8 Å². The molecule has 2 aromatic heterocycles. The van der Waals surface area contributed by atoms with Crippen LogP contribution in [0.5, 0.6) is 0 Å². The molecule has 3 aromatic rings. The largest absolute Gasteiger partial charge is 0.417 e. The molecule has 4 rings (SSSR count). The number of sulfonamides is 1. The number of halogens is 3. The van der Waals surface area contributed by atoms with E-state index >= 15 is 0 Å². The van der Waals surface area contributed by atoms with E-state index in [1.807, 2.05) is 0 Å². The minimum atomic E-state index is -4.50. The quantitative estimate of drug-likeness (QED) is 0.548. The number of hydrogen-bond acceptors (Lipinski definition) is 6. The van der Waals surface area contributed by atoms with Gasteiger partial charge in [-0.3, -0.25) is 0 Å². The van der Waals surface area contributed by atoms with Gasteiger partial charge >= 0.3 is 6.18 Å².